The van der Waals surface area contributed by atoms with Crippen LogP contribution in [0.2, 0.25) is 0 Å². The Balaban J connectivity index is 1.76. The van der Waals surface area contributed by atoms with Gasteiger partial charge in [-0.15, -0.1) is 0 Å². The summed E-state index contributed by atoms with van der Waals surface area (Å²) in [7, 11) is 0. The second-order valence-corrected chi connectivity index (χ2v) is 4.64. The summed E-state index contributed by atoms with van der Waals surface area (Å²) in [6, 6.07) is 8.44. The summed E-state index contributed by atoms with van der Waals surface area (Å²) in [6.07, 6.45) is 2.51. The van der Waals surface area contributed by atoms with Gasteiger partial charge in [0.05, 0.1) is 6.61 Å². The lowest BCUT2D eigenvalue weighted by Crippen LogP contribution is -2.29. The highest BCUT2D eigenvalue weighted by Gasteiger charge is 2.29. The molecule has 80 valence electrons. The Morgan fingerprint density at radius 1 is 1.20 bits per heavy atom. The number of para-hydroxylation sites is 1. The minimum Gasteiger partial charge on any atom is -0.493 e. The van der Waals surface area contributed by atoms with Gasteiger partial charge in [-0.2, -0.15) is 0 Å². The molecule has 2 atom stereocenters. The van der Waals surface area contributed by atoms with Crippen LogP contribution in [0.25, 0.3) is 0 Å². The summed E-state index contributed by atoms with van der Waals surface area (Å²) >= 11 is 0. The van der Waals surface area contributed by atoms with E-state index in [9.17, 15) is 0 Å². The van der Waals surface area contributed by atoms with Crippen LogP contribution in [0, 0.1) is 11.8 Å². The molecular weight excluding hydrogens is 186 g/mol. The molecule has 0 saturated carbocycles. The Hall–Kier alpha value is -1.02. The van der Waals surface area contributed by atoms with Crippen molar-refractivity contribution in [1.82, 2.24) is 5.32 Å². The van der Waals surface area contributed by atoms with Crippen LogP contribution < -0.4 is 10.1 Å². The molecule has 0 bridgehead atoms. The molecule has 0 spiro atoms. The average molecular weight is 203 g/mol. The molecule has 1 aromatic carbocycles. The van der Waals surface area contributed by atoms with Gasteiger partial charge in [0.25, 0.3) is 0 Å². The van der Waals surface area contributed by atoms with Gasteiger partial charge in [0.15, 0.2) is 0 Å². The van der Waals surface area contributed by atoms with Crippen molar-refractivity contribution in [2.75, 3.05) is 19.7 Å². The molecule has 2 nitrogen and oxygen atoms in total. The van der Waals surface area contributed by atoms with Gasteiger partial charge in [-0.1, -0.05) is 18.2 Å². The monoisotopic (exact) mass is 203 g/mol. The maximum atomic E-state index is 5.82. The second-order valence-electron chi connectivity index (χ2n) is 4.64. The molecule has 2 heteroatoms. The van der Waals surface area contributed by atoms with Crippen molar-refractivity contribution >= 4 is 0 Å². The van der Waals surface area contributed by atoms with Gasteiger partial charge in [0.2, 0.25) is 0 Å². The fraction of sp³-hybridized carbons (Fsp3) is 0.538. The van der Waals surface area contributed by atoms with Gasteiger partial charge in [-0.05, 0) is 43.5 Å². The van der Waals surface area contributed by atoms with E-state index in [0.717, 1.165) is 24.2 Å². The van der Waals surface area contributed by atoms with Crippen molar-refractivity contribution in [1.29, 1.82) is 0 Å². The molecule has 2 heterocycles. The molecule has 2 aliphatic rings. The van der Waals surface area contributed by atoms with Crippen molar-refractivity contribution in [3.63, 3.8) is 0 Å². The van der Waals surface area contributed by atoms with E-state index in [2.05, 4.69) is 29.6 Å². The molecule has 0 radical (unpaired) electrons. The fourth-order valence-corrected chi connectivity index (χ4v) is 2.73. The normalized spacial score (nSPS) is 29.6. The Labute approximate surface area is 90.6 Å². The van der Waals surface area contributed by atoms with Crippen molar-refractivity contribution in [2.24, 2.45) is 11.8 Å². The number of hydrogen-bond acceptors (Lipinski definition) is 2. The van der Waals surface area contributed by atoms with Gasteiger partial charge in [-0.25, -0.2) is 0 Å². The minimum atomic E-state index is 0.717. The number of nitrogens with one attached hydrogen (secondary N) is 1. The lowest BCUT2D eigenvalue weighted by molar-refractivity contribution is 0.177. The zero-order valence-electron chi connectivity index (χ0n) is 8.91. The molecule has 0 aromatic heterocycles. The molecule has 1 saturated heterocycles. The highest BCUT2D eigenvalue weighted by Crippen LogP contribution is 2.32. The first-order valence-corrected chi connectivity index (χ1v) is 5.85. The average Bonchev–Trinajstić information content (AvgIpc) is 2.82. The van der Waals surface area contributed by atoms with Crippen LogP contribution in [0.4, 0.5) is 0 Å². The van der Waals surface area contributed by atoms with Crippen molar-refractivity contribution in [3.8, 4) is 5.75 Å². The first kappa shape index (κ1) is 9.22. The Morgan fingerprint density at radius 3 is 3.00 bits per heavy atom. The third-order valence-electron chi connectivity index (χ3n) is 3.67. The van der Waals surface area contributed by atoms with E-state index in [1.807, 2.05) is 0 Å². The van der Waals surface area contributed by atoms with Crippen LogP contribution in [0.15, 0.2) is 24.3 Å². The van der Waals surface area contributed by atoms with Crippen molar-refractivity contribution in [3.05, 3.63) is 29.8 Å². The van der Waals surface area contributed by atoms with E-state index in [0.29, 0.717) is 0 Å². The summed E-state index contributed by atoms with van der Waals surface area (Å²) in [4.78, 5) is 0. The van der Waals surface area contributed by atoms with E-state index in [-0.39, 0.29) is 0 Å². The molecule has 2 aliphatic heterocycles. The molecule has 1 fully saturated rings. The van der Waals surface area contributed by atoms with Gasteiger partial charge < -0.3 is 10.1 Å². The zero-order valence-corrected chi connectivity index (χ0v) is 8.91. The van der Waals surface area contributed by atoms with Gasteiger partial charge >= 0.3 is 0 Å². The quantitative estimate of drug-likeness (QED) is 0.752. The maximum Gasteiger partial charge on any atom is 0.122 e. The fourth-order valence-electron chi connectivity index (χ4n) is 2.73. The van der Waals surface area contributed by atoms with E-state index in [1.165, 1.54) is 31.5 Å². The minimum absolute atomic E-state index is 0.717. The SMILES string of the molecule is c1ccc2c(c1)CC(C1CCNC1)CO2. The lowest BCUT2D eigenvalue weighted by Gasteiger charge is -2.29. The molecule has 1 aromatic rings. The van der Waals surface area contributed by atoms with Crippen molar-refractivity contribution < 1.29 is 4.74 Å². The van der Waals surface area contributed by atoms with E-state index in [4.69, 9.17) is 4.74 Å². The Bertz CT molecular complexity index is 344. The number of ether oxygens (including phenoxy) is 1. The number of benzene rings is 1. The van der Waals surface area contributed by atoms with Gasteiger partial charge in [0, 0.05) is 5.92 Å². The predicted molar refractivity (Wildman–Crippen MR) is 60.1 cm³/mol. The van der Waals surface area contributed by atoms with Crippen molar-refractivity contribution in [2.45, 2.75) is 12.8 Å². The van der Waals surface area contributed by atoms with E-state index < -0.39 is 0 Å². The first-order valence-electron chi connectivity index (χ1n) is 5.85. The van der Waals surface area contributed by atoms with Gasteiger partial charge in [-0.3, -0.25) is 0 Å². The third kappa shape index (κ3) is 1.74. The Morgan fingerprint density at radius 2 is 2.13 bits per heavy atom. The molecular formula is C13H17NO. The first-order chi connectivity index (χ1) is 7.43. The predicted octanol–water partition coefficient (Wildman–Crippen LogP) is 1.85. The Kier molecular flexibility index (Phi) is 2.37. The molecule has 15 heavy (non-hydrogen) atoms. The van der Waals surface area contributed by atoms with Crippen LogP contribution in [0.1, 0.15) is 12.0 Å². The van der Waals surface area contributed by atoms with Crippen LogP contribution in [0.3, 0.4) is 0 Å². The number of rotatable bonds is 1. The number of hydrogen-bond donors (Lipinski definition) is 1. The third-order valence-corrected chi connectivity index (χ3v) is 3.67. The van der Waals surface area contributed by atoms with Crippen LogP contribution in [0.5, 0.6) is 5.75 Å². The molecule has 0 amide bonds. The largest absolute Gasteiger partial charge is 0.493 e. The zero-order chi connectivity index (χ0) is 10.1. The molecule has 3 rings (SSSR count). The molecule has 2 unspecified atom stereocenters. The van der Waals surface area contributed by atoms with Crippen LogP contribution in [-0.2, 0) is 6.42 Å². The molecule has 0 aliphatic carbocycles. The van der Waals surface area contributed by atoms with Crippen LogP contribution in [-0.4, -0.2) is 19.7 Å². The van der Waals surface area contributed by atoms with Crippen LogP contribution >= 0.6 is 0 Å². The summed E-state index contributed by atoms with van der Waals surface area (Å²) in [6.45, 7) is 3.27. The highest BCUT2D eigenvalue weighted by atomic mass is 16.5. The highest BCUT2D eigenvalue weighted by molar-refractivity contribution is 5.35. The summed E-state index contributed by atoms with van der Waals surface area (Å²) in [5.41, 5.74) is 1.39. The van der Waals surface area contributed by atoms with Gasteiger partial charge in [0.1, 0.15) is 5.75 Å². The topological polar surface area (TPSA) is 21.3 Å². The lowest BCUT2D eigenvalue weighted by atomic mass is 9.85. The maximum absolute atomic E-state index is 5.82. The number of fused-ring (bicyclic) bond motifs is 1. The summed E-state index contributed by atoms with van der Waals surface area (Å²) in [5, 5.41) is 3.44. The summed E-state index contributed by atoms with van der Waals surface area (Å²) < 4.78 is 5.82. The molecule has 1 N–H and O–H groups in total. The smallest absolute Gasteiger partial charge is 0.122 e. The summed E-state index contributed by atoms with van der Waals surface area (Å²) in [5.74, 6) is 2.63. The van der Waals surface area contributed by atoms with E-state index >= 15 is 0 Å². The standard InChI is InChI=1S/C13H17NO/c1-2-4-13-10(3-1)7-12(9-15-13)11-5-6-14-8-11/h1-4,11-12,14H,5-9H2. The second kappa shape index (κ2) is 3.86. The van der Waals surface area contributed by atoms with E-state index in [1.54, 1.807) is 0 Å².